The number of benzene rings is 1. The summed E-state index contributed by atoms with van der Waals surface area (Å²) in [6, 6.07) is 5.78. The minimum Gasteiger partial charge on any atom is -0.481 e. The molecule has 1 N–H and O–H groups in total. The van der Waals surface area contributed by atoms with E-state index in [4.69, 9.17) is 16.7 Å². The number of pyridine rings is 1. The number of carboxylic acids is 1. The number of hydrogen-bond acceptors (Lipinski definition) is 2. The maximum absolute atomic E-state index is 10.7. The average Bonchev–Trinajstić information content (AvgIpc) is 2.27. The highest BCUT2D eigenvalue weighted by Crippen LogP contribution is 2.27. The Hall–Kier alpha value is -1.61. The predicted octanol–water partition coefficient (Wildman–Crippen LogP) is 3.52. The summed E-state index contributed by atoms with van der Waals surface area (Å²) >= 11 is 6.21. The smallest absolute Gasteiger partial charge is 0.303 e. The topological polar surface area (TPSA) is 50.2 Å². The van der Waals surface area contributed by atoms with Crippen molar-refractivity contribution in [2.24, 2.45) is 0 Å². The number of nitrogens with zero attached hydrogens (tertiary/aromatic N) is 1. The Balaban J connectivity index is 2.60. The largest absolute Gasteiger partial charge is 0.481 e. The van der Waals surface area contributed by atoms with Gasteiger partial charge in [-0.15, -0.1) is 0 Å². The molecule has 0 aliphatic rings. The van der Waals surface area contributed by atoms with Gasteiger partial charge in [0.2, 0.25) is 0 Å². The Morgan fingerprint density at radius 1 is 1.33 bits per heavy atom. The van der Waals surface area contributed by atoms with E-state index in [0.717, 1.165) is 27.7 Å². The van der Waals surface area contributed by atoms with Crippen LogP contribution in [0, 0.1) is 13.8 Å². The summed E-state index contributed by atoms with van der Waals surface area (Å²) in [5.74, 6) is -0.802. The summed E-state index contributed by atoms with van der Waals surface area (Å²) in [5.41, 5.74) is 3.66. The molecule has 94 valence electrons. The Bertz CT molecular complexity index is 623. The van der Waals surface area contributed by atoms with E-state index in [1.807, 2.05) is 32.0 Å². The van der Waals surface area contributed by atoms with Crippen LogP contribution >= 0.6 is 11.6 Å². The van der Waals surface area contributed by atoms with Crippen LogP contribution in [0.2, 0.25) is 5.02 Å². The van der Waals surface area contributed by atoms with Gasteiger partial charge in [-0.3, -0.25) is 9.78 Å². The summed E-state index contributed by atoms with van der Waals surface area (Å²) in [7, 11) is 0. The van der Waals surface area contributed by atoms with Crippen molar-refractivity contribution in [3.63, 3.8) is 0 Å². The summed E-state index contributed by atoms with van der Waals surface area (Å²) in [4.78, 5) is 15.2. The molecule has 3 nitrogen and oxygen atoms in total. The number of fused-ring (bicyclic) bond motifs is 1. The predicted molar refractivity (Wildman–Crippen MR) is 72.2 cm³/mol. The van der Waals surface area contributed by atoms with Crippen LogP contribution in [0.5, 0.6) is 0 Å². The molecule has 2 rings (SSSR count). The van der Waals surface area contributed by atoms with Crippen LogP contribution in [0.4, 0.5) is 0 Å². The monoisotopic (exact) mass is 263 g/mol. The van der Waals surface area contributed by atoms with Gasteiger partial charge < -0.3 is 5.11 Å². The SMILES string of the molecule is Cc1cc(CCC(=O)O)c2nc(C)cc(Cl)c2c1. The molecule has 0 saturated heterocycles. The highest BCUT2D eigenvalue weighted by atomic mass is 35.5. The van der Waals surface area contributed by atoms with Gasteiger partial charge in [-0.05, 0) is 38.0 Å². The number of halogens is 1. The second-order valence-corrected chi connectivity index (χ2v) is 4.87. The lowest BCUT2D eigenvalue weighted by molar-refractivity contribution is -0.136. The van der Waals surface area contributed by atoms with Gasteiger partial charge in [0.25, 0.3) is 0 Å². The molecule has 18 heavy (non-hydrogen) atoms. The first-order chi connectivity index (χ1) is 8.47. The second-order valence-electron chi connectivity index (χ2n) is 4.46. The maximum atomic E-state index is 10.7. The molecule has 0 unspecified atom stereocenters. The fraction of sp³-hybridized carbons (Fsp3) is 0.286. The fourth-order valence-electron chi connectivity index (χ4n) is 2.07. The summed E-state index contributed by atoms with van der Waals surface area (Å²) in [5, 5.41) is 10.3. The van der Waals surface area contributed by atoms with E-state index in [-0.39, 0.29) is 6.42 Å². The molecule has 2 aromatic rings. The number of carboxylic acid groups (broad SMARTS) is 1. The van der Waals surface area contributed by atoms with E-state index in [1.165, 1.54) is 0 Å². The zero-order valence-electron chi connectivity index (χ0n) is 10.3. The molecule has 0 radical (unpaired) electrons. The van der Waals surface area contributed by atoms with Crippen molar-refractivity contribution in [3.05, 3.63) is 40.0 Å². The average molecular weight is 264 g/mol. The Labute approximate surface area is 110 Å². The number of aliphatic carboxylic acids is 1. The van der Waals surface area contributed by atoms with Crippen LogP contribution in [0.25, 0.3) is 10.9 Å². The number of aromatic nitrogens is 1. The third kappa shape index (κ3) is 2.62. The summed E-state index contributed by atoms with van der Waals surface area (Å²) in [6.45, 7) is 3.85. The number of aryl methyl sites for hydroxylation is 3. The number of carbonyl (C=O) groups is 1. The van der Waals surface area contributed by atoms with Gasteiger partial charge in [0.05, 0.1) is 10.5 Å². The molecule has 0 fully saturated rings. The van der Waals surface area contributed by atoms with Crippen molar-refractivity contribution in [2.45, 2.75) is 26.7 Å². The molecular formula is C14H14ClNO2. The molecule has 0 bridgehead atoms. The van der Waals surface area contributed by atoms with Crippen LogP contribution in [-0.2, 0) is 11.2 Å². The minimum atomic E-state index is -0.802. The highest BCUT2D eigenvalue weighted by Gasteiger charge is 2.09. The minimum absolute atomic E-state index is 0.103. The third-order valence-corrected chi connectivity index (χ3v) is 3.14. The molecule has 0 spiro atoms. The molecule has 1 aromatic carbocycles. The zero-order valence-corrected chi connectivity index (χ0v) is 11.1. The van der Waals surface area contributed by atoms with Crippen LogP contribution in [0.15, 0.2) is 18.2 Å². The van der Waals surface area contributed by atoms with Gasteiger partial charge in [-0.2, -0.15) is 0 Å². The maximum Gasteiger partial charge on any atom is 0.303 e. The third-order valence-electron chi connectivity index (χ3n) is 2.82. The first-order valence-corrected chi connectivity index (χ1v) is 6.13. The van der Waals surface area contributed by atoms with E-state index < -0.39 is 5.97 Å². The van der Waals surface area contributed by atoms with Crippen molar-refractivity contribution < 1.29 is 9.90 Å². The molecule has 0 aliphatic carbocycles. The first-order valence-electron chi connectivity index (χ1n) is 5.75. The van der Waals surface area contributed by atoms with Gasteiger partial charge in [0, 0.05) is 17.5 Å². The lowest BCUT2D eigenvalue weighted by Gasteiger charge is -2.09. The summed E-state index contributed by atoms with van der Waals surface area (Å²) < 4.78 is 0. The van der Waals surface area contributed by atoms with Crippen molar-refractivity contribution in [1.29, 1.82) is 0 Å². The van der Waals surface area contributed by atoms with Gasteiger partial charge in [0.15, 0.2) is 0 Å². The van der Waals surface area contributed by atoms with Gasteiger partial charge in [0.1, 0.15) is 0 Å². The number of hydrogen-bond donors (Lipinski definition) is 1. The van der Waals surface area contributed by atoms with Gasteiger partial charge >= 0.3 is 5.97 Å². The Kier molecular flexibility index (Phi) is 3.53. The lowest BCUT2D eigenvalue weighted by atomic mass is 10.0. The van der Waals surface area contributed by atoms with Crippen molar-refractivity contribution >= 4 is 28.5 Å². The Morgan fingerprint density at radius 3 is 2.72 bits per heavy atom. The van der Waals surface area contributed by atoms with Crippen molar-refractivity contribution in [3.8, 4) is 0 Å². The normalized spacial score (nSPS) is 10.8. The van der Waals surface area contributed by atoms with E-state index in [2.05, 4.69) is 4.98 Å². The van der Waals surface area contributed by atoms with E-state index in [1.54, 1.807) is 0 Å². The van der Waals surface area contributed by atoms with Crippen LogP contribution < -0.4 is 0 Å². The van der Waals surface area contributed by atoms with Crippen LogP contribution in [0.3, 0.4) is 0 Å². The molecule has 0 saturated carbocycles. The lowest BCUT2D eigenvalue weighted by Crippen LogP contribution is -2.00. The Morgan fingerprint density at radius 2 is 2.06 bits per heavy atom. The van der Waals surface area contributed by atoms with Crippen molar-refractivity contribution in [1.82, 2.24) is 4.98 Å². The fourth-order valence-corrected chi connectivity index (χ4v) is 2.37. The first kappa shape index (κ1) is 12.8. The van der Waals surface area contributed by atoms with Crippen LogP contribution in [-0.4, -0.2) is 16.1 Å². The van der Waals surface area contributed by atoms with E-state index in [9.17, 15) is 4.79 Å². The molecule has 0 aliphatic heterocycles. The van der Waals surface area contributed by atoms with E-state index in [0.29, 0.717) is 11.4 Å². The molecule has 0 atom stereocenters. The molecule has 1 aromatic heterocycles. The second kappa shape index (κ2) is 4.94. The van der Waals surface area contributed by atoms with Gasteiger partial charge in [-0.1, -0.05) is 23.2 Å². The zero-order chi connectivity index (χ0) is 13.3. The molecule has 1 heterocycles. The highest BCUT2D eigenvalue weighted by molar-refractivity contribution is 6.35. The molecule has 4 heteroatoms. The number of rotatable bonds is 3. The molecular weight excluding hydrogens is 250 g/mol. The molecule has 0 amide bonds. The van der Waals surface area contributed by atoms with Crippen molar-refractivity contribution in [2.75, 3.05) is 0 Å². The van der Waals surface area contributed by atoms with Gasteiger partial charge in [-0.25, -0.2) is 0 Å². The summed E-state index contributed by atoms with van der Waals surface area (Å²) in [6.07, 6.45) is 0.575. The standard InChI is InChI=1S/C14H14ClNO2/c1-8-5-10(3-4-13(17)18)14-11(6-8)12(15)7-9(2)16-14/h5-7H,3-4H2,1-2H3,(H,17,18). The van der Waals surface area contributed by atoms with Crippen LogP contribution in [0.1, 0.15) is 23.2 Å². The quantitative estimate of drug-likeness (QED) is 0.922. The van der Waals surface area contributed by atoms with E-state index >= 15 is 0 Å².